The Balaban J connectivity index is 2.21. The number of benzene rings is 2. The van der Waals surface area contributed by atoms with E-state index in [9.17, 15) is 10.1 Å². The van der Waals surface area contributed by atoms with Crippen molar-refractivity contribution in [2.24, 2.45) is 0 Å². The molecule has 122 valence electrons. The van der Waals surface area contributed by atoms with Crippen LogP contribution >= 0.6 is 23.2 Å². The standard InChI is InChI=1S/C16H10Cl2N2O4/c1-23-14-8-13(20(21)22)15-10(3-2-6-19-15)16(14)24-9-4-5-11(17)12(18)7-9/h2-8H,1H3. The Labute approximate surface area is 146 Å². The molecule has 0 atom stereocenters. The van der Waals surface area contributed by atoms with Crippen molar-refractivity contribution in [1.29, 1.82) is 0 Å². The van der Waals surface area contributed by atoms with Gasteiger partial charge in [0.15, 0.2) is 17.0 Å². The first-order valence-corrected chi connectivity index (χ1v) is 7.50. The number of ether oxygens (including phenoxy) is 2. The highest BCUT2D eigenvalue weighted by atomic mass is 35.5. The van der Waals surface area contributed by atoms with Crippen molar-refractivity contribution in [3.8, 4) is 17.2 Å². The molecule has 0 unspecified atom stereocenters. The number of hydrogen-bond donors (Lipinski definition) is 0. The monoisotopic (exact) mass is 364 g/mol. The predicted molar refractivity (Wildman–Crippen MR) is 91.5 cm³/mol. The summed E-state index contributed by atoms with van der Waals surface area (Å²) in [7, 11) is 1.41. The molecule has 3 aromatic rings. The molecule has 0 saturated heterocycles. The average Bonchev–Trinajstić information content (AvgIpc) is 2.58. The number of non-ortho nitro benzene ring substituents is 1. The molecule has 0 saturated carbocycles. The third kappa shape index (κ3) is 2.93. The van der Waals surface area contributed by atoms with Crippen LogP contribution in [0, 0.1) is 10.1 Å². The molecule has 0 aliphatic heterocycles. The van der Waals surface area contributed by atoms with Gasteiger partial charge in [-0.2, -0.15) is 0 Å². The molecule has 0 aliphatic rings. The lowest BCUT2D eigenvalue weighted by molar-refractivity contribution is -0.383. The van der Waals surface area contributed by atoms with Crippen LogP contribution in [0.15, 0.2) is 42.6 Å². The van der Waals surface area contributed by atoms with E-state index in [0.29, 0.717) is 26.9 Å². The first-order valence-electron chi connectivity index (χ1n) is 6.74. The van der Waals surface area contributed by atoms with Crippen LogP contribution in [0.1, 0.15) is 0 Å². The summed E-state index contributed by atoms with van der Waals surface area (Å²) in [6.07, 6.45) is 1.48. The molecule has 0 N–H and O–H groups in total. The normalized spacial score (nSPS) is 10.6. The van der Waals surface area contributed by atoms with Crippen LogP contribution in [-0.4, -0.2) is 17.0 Å². The molecule has 0 amide bonds. The first kappa shape index (κ1) is 16.3. The maximum Gasteiger partial charge on any atom is 0.299 e. The molecule has 24 heavy (non-hydrogen) atoms. The van der Waals surface area contributed by atoms with Gasteiger partial charge in [0.1, 0.15) is 5.75 Å². The zero-order valence-corrected chi connectivity index (χ0v) is 13.8. The molecule has 1 heterocycles. The van der Waals surface area contributed by atoms with Crippen LogP contribution in [0.4, 0.5) is 5.69 Å². The number of pyridine rings is 1. The molecule has 2 aromatic carbocycles. The van der Waals surface area contributed by atoms with Crippen LogP contribution < -0.4 is 9.47 Å². The van der Waals surface area contributed by atoms with E-state index in [4.69, 9.17) is 32.7 Å². The Morgan fingerprint density at radius 3 is 2.62 bits per heavy atom. The Morgan fingerprint density at radius 1 is 1.17 bits per heavy atom. The van der Waals surface area contributed by atoms with Crippen molar-refractivity contribution < 1.29 is 14.4 Å². The Bertz CT molecular complexity index is 947. The molecule has 3 rings (SSSR count). The molecule has 0 radical (unpaired) electrons. The van der Waals surface area contributed by atoms with Crippen LogP contribution in [0.5, 0.6) is 17.2 Å². The highest BCUT2D eigenvalue weighted by molar-refractivity contribution is 6.42. The summed E-state index contributed by atoms with van der Waals surface area (Å²) in [5, 5.41) is 12.5. The number of nitrogens with zero attached hydrogens (tertiary/aromatic N) is 2. The van der Waals surface area contributed by atoms with Gasteiger partial charge in [-0.1, -0.05) is 23.2 Å². The molecule has 8 heteroatoms. The topological polar surface area (TPSA) is 74.5 Å². The molecule has 6 nitrogen and oxygen atoms in total. The van der Waals surface area contributed by atoms with E-state index in [0.717, 1.165) is 0 Å². The second-order valence-electron chi connectivity index (χ2n) is 4.76. The van der Waals surface area contributed by atoms with Crippen molar-refractivity contribution in [3.63, 3.8) is 0 Å². The molecular weight excluding hydrogens is 355 g/mol. The van der Waals surface area contributed by atoms with Crippen LogP contribution in [0.25, 0.3) is 10.9 Å². The van der Waals surface area contributed by atoms with Gasteiger partial charge in [0, 0.05) is 12.3 Å². The van der Waals surface area contributed by atoms with Crippen molar-refractivity contribution in [2.75, 3.05) is 7.11 Å². The summed E-state index contributed by atoms with van der Waals surface area (Å²) < 4.78 is 11.1. The van der Waals surface area contributed by atoms with Gasteiger partial charge in [-0.3, -0.25) is 10.1 Å². The number of hydrogen-bond acceptors (Lipinski definition) is 5. The Kier molecular flexibility index (Phi) is 4.42. The van der Waals surface area contributed by atoms with Gasteiger partial charge in [-0.15, -0.1) is 0 Å². The Morgan fingerprint density at radius 2 is 1.96 bits per heavy atom. The third-order valence-corrected chi connectivity index (χ3v) is 4.05. The highest BCUT2D eigenvalue weighted by Gasteiger charge is 2.22. The van der Waals surface area contributed by atoms with Crippen molar-refractivity contribution in [1.82, 2.24) is 4.98 Å². The van der Waals surface area contributed by atoms with Crippen LogP contribution in [-0.2, 0) is 0 Å². The summed E-state index contributed by atoms with van der Waals surface area (Å²) in [6.45, 7) is 0. The minimum Gasteiger partial charge on any atom is -0.493 e. The number of rotatable bonds is 4. The van der Waals surface area contributed by atoms with Gasteiger partial charge in [0.05, 0.1) is 33.5 Å². The number of nitro benzene ring substituents is 1. The van der Waals surface area contributed by atoms with Gasteiger partial charge >= 0.3 is 0 Å². The van der Waals surface area contributed by atoms with E-state index < -0.39 is 4.92 Å². The number of nitro groups is 1. The van der Waals surface area contributed by atoms with E-state index in [1.165, 1.54) is 19.4 Å². The van der Waals surface area contributed by atoms with Gasteiger partial charge in [0.25, 0.3) is 5.69 Å². The summed E-state index contributed by atoms with van der Waals surface area (Å²) in [5.41, 5.74) is 0.0438. The van der Waals surface area contributed by atoms with E-state index in [2.05, 4.69) is 4.98 Å². The number of halogens is 2. The second-order valence-corrected chi connectivity index (χ2v) is 5.58. The van der Waals surface area contributed by atoms with E-state index in [-0.39, 0.29) is 17.0 Å². The average molecular weight is 365 g/mol. The molecule has 0 spiro atoms. The summed E-state index contributed by atoms with van der Waals surface area (Å²) in [5.74, 6) is 0.944. The highest BCUT2D eigenvalue weighted by Crippen LogP contribution is 2.43. The fraction of sp³-hybridized carbons (Fsp3) is 0.0625. The lowest BCUT2D eigenvalue weighted by Gasteiger charge is -2.13. The van der Waals surface area contributed by atoms with Gasteiger partial charge in [0.2, 0.25) is 0 Å². The fourth-order valence-corrected chi connectivity index (χ4v) is 2.53. The smallest absolute Gasteiger partial charge is 0.299 e. The van der Waals surface area contributed by atoms with Crippen LogP contribution in [0.2, 0.25) is 10.0 Å². The minimum absolute atomic E-state index is 0.163. The summed E-state index contributed by atoms with van der Waals surface area (Å²) >= 11 is 11.9. The third-order valence-electron chi connectivity index (χ3n) is 3.31. The largest absolute Gasteiger partial charge is 0.493 e. The van der Waals surface area contributed by atoms with Crippen LogP contribution in [0.3, 0.4) is 0 Å². The molecular formula is C16H10Cl2N2O4. The zero-order valence-electron chi connectivity index (χ0n) is 12.3. The maximum absolute atomic E-state index is 11.3. The lowest BCUT2D eigenvalue weighted by Crippen LogP contribution is -1.97. The molecule has 0 aliphatic carbocycles. The summed E-state index contributed by atoms with van der Waals surface area (Å²) in [4.78, 5) is 14.8. The molecule has 0 bridgehead atoms. The van der Waals surface area contributed by atoms with Crippen molar-refractivity contribution >= 4 is 39.8 Å². The number of aromatic nitrogens is 1. The second kappa shape index (κ2) is 6.51. The quantitative estimate of drug-likeness (QED) is 0.466. The van der Waals surface area contributed by atoms with E-state index in [1.807, 2.05) is 0 Å². The van der Waals surface area contributed by atoms with E-state index in [1.54, 1.807) is 30.3 Å². The minimum atomic E-state index is -0.513. The fourth-order valence-electron chi connectivity index (χ4n) is 2.24. The van der Waals surface area contributed by atoms with Crippen molar-refractivity contribution in [2.45, 2.75) is 0 Å². The molecule has 1 aromatic heterocycles. The molecule has 0 fully saturated rings. The summed E-state index contributed by atoms with van der Waals surface area (Å²) in [6, 6.07) is 9.39. The maximum atomic E-state index is 11.3. The predicted octanol–water partition coefficient (Wildman–Crippen LogP) is 5.25. The zero-order chi connectivity index (χ0) is 17.3. The Hall–Kier alpha value is -2.57. The van der Waals surface area contributed by atoms with Gasteiger partial charge < -0.3 is 9.47 Å². The lowest BCUT2D eigenvalue weighted by atomic mass is 10.1. The van der Waals surface area contributed by atoms with Crippen molar-refractivity contribution in [3.05, 3.63) is 62.8 Å². The SMILES string of the molecule is COc1cc([N+](=O)[O-])c2ncccc2c1Oc1ccc(Cl)c(Cl)c1. The first-order chi connectivity index (χ1) is 11.5. The number of methoxy groups -OCH3 is 1. The number of fused-ring (bicyclic) bond motifs is 1. The van der Waals surface area contributed by atoms with E-state index >= 15 is 0 Å². The van der Waals surface area contributed by atoms with Gasteiger partial charge in [-0.25, -0.2) is 4.98 Å². The van der Waals surface area contributed by atoms with Gasteiger partial charge in [-0.05, 0) is 24.3 Å².